The molecule has 10 nitrogen and oxygen atoms in total. The molecule has 1 amide bonds. The fourth-order valence-corrected chi connectivity index (χ4v) is 6.65. The Kier molecular flexibility index (Phi) is 7.44. The summed E-state index contributed by atoms with van der Waals surface area (Å²) in [7, 11) is 1.58. The summed E-state index contributed by atoms with van der Waals surface area (Å²) in [5.41, 5.74) is 8.40. The molecule has 40 heavy (non-hydrogen) atoms. The van der Waals surface area contributed by atoms with Gasteiger partial charge in [0.05, 0.1) is 30.4 Å². The van der Waals surface area contributed by atoms with Crippen LogP contribution in [0.1, 0.15) is 44.1 Å². The summed E-state index contributed by atoms with van der Waals surface area (Å²) in [5, 5.41) is 22.0. The fraction of sp³-hybridized carbons (Fsp3) is 0.321. The lowest BCUT2D eigenvalue weighted by Crippen LogP contribution is -2.42. The van der Waals surface area contributed by atoms with Crippen LogP contribution in [0.3, 0.4) is 0 Å². The summed E-state index contributed by atoms with van der Waals surface area (Å²) in [4.78, 5) is 27.8. The number of furan rings is 1. The second-order valence-electron chi connectivity index (χ2n) is 10.3. The SMILES string of the molecule is COc1ccc(NC(=O)CSc2nnc(N3C(N)=C(C#N)C(c4ccc(C)o4)C4=C3CC(C)(C)CC4=O)s2)cc1. The normalized spacial score (nSPS) is 18.4. The van der Waals surface area contributed by atoms with Gasteiger partial charge in [-0.1, -0.05) is 36.9 Å². The molecular weight excluding hydrogens is 548 g/mol. The number of aryl methyl sites for hydroxylation is 1. The van der Waals surface area contributed by atoms with E-state index >= 15 is 0 Å². The molecule has 0 saturated carbocycles. The summed E-state index contributed by atoms with van der Waals surface area (Å²) < 4.78 is 11.6. The van der Waals surface area contributed by atoms with Crippen molar-refractivity contribution in [2.24, 2.45) is 11.1 Å². The van der Waals surface area contributed by atoms with Gasteiger partial charge in [-0.3, -0.25) is 14.5 Å². The molecule has 1 atom stereocenters. The van der Waals surface area contributed by atoms with Crippen LogP contribution < -0.4 is 20.7 Å². The highest BCUT2D eigenvalue weighted by molar-refractivity contribution is 8.01. The minimum atomic E-state index is -0.683. The van der Waals surface area contributed by atoms with Crippen molar-refractivity contribution in [2.75, 3.05) is 23.1 Å². The molecule has 0 spiro atoms. The van der Waals surface area contributed by atoms with E-state index in [1.54, 1.807) is 42.3 Å². The summed E-state index contributed by atoms with van der Waals surface area (Å²) in [6, 6.07) is 12.9. The zero-order valence-corrected chi connectivity index (χ0v) is 24.1. The minimum absolute atomic E-state index is 0.0510. The predicted octanol–water partition coefficient (Wildman–Crippen LogP) is 5.12. The van der Waals surface area contributed by atoms with E-state index in [4.69, 9.17) is 14.9 Å². The van der Waals surface area contributed by atoms with E-state index in [1.807, 2.05) is 26.8 Å². The van der Waals surface area contributed by atoms with Gasteiger partial charge in [0.15, 0.2) is 10.1 Å². The van der Waals surface area contributed by atoms with Gasteiger partial charge >= 0.3 is 0 Å². The van der Waals surface area contributed by atoms with Crippen molar-refractivity contribution < 1.29 is 18.7 Å². The monoisotopic (exact) mass is 576 g/mol. The van der Waals surface area contributed by atoms with E-state index in [9.17, 15) is 14.9 Å². The van der Waals surface area contributed by atoms with Crippen molar-refractivity contribution in [2.45, 2.75) is 43.9 Å². The number of rotatable bonds is 7. The second kappa shape index (κ2) is 10.8. The number of allylic oxidation sites excluding steroid dienone is 3. The number of nitrogens with two attached hydrogens (primary N) is 1. The maximum atomic E-state index is 13.6. The number of benzene rings is 1. The lowest BCUT2D eigenvalue weighted by atomic mass is 9.69. The van der Waals surface area contributed by atoms with Gasteiger partial charge in [-0.25, -0.2) is 0 Å². The number of anilines is 2. The van der Waals surface area contributed by atoms with Crippen LogP contribution in [0.15, 0.2) is 67.8 Å². The number of carbonyl (C=O) groups is 2. The molecule has 3 N–H and O–H groups in total. The molecular formula is C28H28N6O4S2. The van der Waals surface area contributed by atoms with Gasteiger partial charge in [-0.2, -0.15) is 5.26 Å². The number of hydrogen-bond donors (Lipinski definition) is 2. The Bertz CT molecular complexity index is 1580. The Balaban J connectivity index is 1.42. The molecule has 0 bridgehead atoms. The van der Waals surface area contributed by atoms with Crippen LogP contribution >= 0.6 is 23.1 Å². The fourth-order valence-electron chi connectivity index (χ4n) is 4.97. The number of carbonyl (C=O) groups excluding carboxylic acids is 2. The molecule has 0 fully saturated rings. The summed E-state index contributed by atoms with van der Waals surface area (Å²) >= 11 is 2.48. The molecule has 1 aliphatic heterocycles. The number of nitrogens with zero attached hydrogens (tertiary/aromatic N) is 4. The number of ether oxygens (including phenoxy) is 1. The average molecular weight is 577 g/mol. The van der Waals surface area contributed by atoms with Crippen LogP contribution in [-0.4, -0.2) is 34.8 Å². The number of Topliss-reactive ketones (excluding diaryl/α,β-unsaturated/α-hetero) is 1. The van der Waals surface area contributed by atoms with Crippen molar-refractivity contribution in [3.8, 4) is 11.8 Å². The lowest BCUT2D eigenvalue weighted by Gasteiger charge is -2.42. The third-order valence-corrected chi connectivity index (χ3v) is 8.76. The molecule has 3 heterocycles. The van der Waals surface area contributed by atoms with E-state index in [0.29, 0.717) is 56.5 Å². The number of ketones is 1. The predicted molar refractivity (Wildman–Crippen MR) is 153 cm³/mol. The van der Waals surface area contributed by atoms with E-state index in [2.05, 4.69) is 21.6 Å². The highest BCUT2D eigenvalue weighted by atomic mass is 32.2. The number of methoxy groups -OCH3 is 1. The molecule has 12 heteroatoms. The van der Waals surface area contributed by atoms with Gasteiger partial charge < -0.3 is 20.2 Å². The van der Waals surface area contributed by atoms with Crippen molar-refractivity contribution in [3.63, 3.8) is 0 Å². The standard InChI is InChI=1S/C28H28N6O4S2/c1-15-5-10-21(38-15)23-18(13-29)25(30)34(19-11-28(2,3)12-20(35)24(19)23)26-32-33-27(40-26)39-14-22(36)31-16-6-8-17(37-4)9-7-16/h5-10,23H,11-12,14,30H2,1-4H3,(H,31,36). The first-order chi connectivity index (χ1) is 19.1. The van der Waals surface area contributed by atoms with Gasteiger partial charge in [-0.05, 0) is 55.2 Å². The van der Waals surface area contributed by atoms with Crippen LogP contribution in [0, 0.1) is 23.7 Å². The molecule has 206 valence electrons. The maximum Gasteiger partial charge on any atom is 0.234 e. The van der Waals surface area contributed by atoms with Gasteiger partial charge in [0, 0.05) is 23.4 Å². The first kappa shape index (κ1) is 27.5. The topological polar surface area (TPSA) is 147 Å². The Morgan fingerprint density at radius 1 is 1.27 bits per heavy atom. The zero-order valence-electron chi connectivity index (χ0n) is 22.5. The number of nitrogens with one attached hydrogen (secondary N) is 1. The molecule has 1 unspecified atom stereocenters. The van der Waals surface area contributed by atoms with Crippen LogP contribution in [0.4, 0.5) is 10.8 Å². The van der Waals surface area contributed by atoms with Crippen LogP contribution in [0.5, 0.6) is 5.75 Å². The number of nitriles is 1. The highest BCUT2D eigenvalue weighted by Gasteiger charge is 2.46. The third kappa shape index (κ3) is 5.35. The van der Waals surface area contributed by atoms with Crippen molar-refractivity contribution in [1.82, 2.24) is 10.2 Å². The molecule has 0 saturated heterocycles. The average Bonchev–Trinajstić information content (AvgIpc) is 3.55. The summed E-state index contributed by atoms with van der Waals surface area (Å²) in [5.74, 6) is 1.27. The second-order valence-corrected chi connectivity index (χ2v) is 12.5. The van der Waals surface area contributed by atoms with Gasteiger partial charge in [0.25, 0.3) is 0 Å². The van der Waals surface area contributed by atoms with Gasteiger partial charge in [-0.15, -0.1) is 10.2 Å². The Morgan fingerprint density at radius 3 is 2.67 bits per heavy atom. The molecule has 2 aromatic heterocycles. The smallest absolute Gasteiger partial charge is 0.234 e. The highest BCUT2D eigenvalue weighted by Crippen LogP contribution is 2.51. The van der Waals surface area contributed by atoms with E-state index in [1.165, 1.54) is 23.1 Å². The van der Waals surface area contributed by atoms with Crippen molar-refractivity contribution >= 4 is 45.6 Å². The summed E-state index contributed by atoms with van der Waals surface area (Å²) in [6.45, 7) is 5.87. The molecule has 3 aromatic rings. The Labute approximate surface area is 239 Å². The molecule has 5 rings (SSSR count). The quantitative estimate of drug-likeness (QED) is 0.363. The minimum Gasteiger partial charge on any atom is -0.497 e. The van der Waals surface area contributed by atoms with E-state index < -0.39 is 5.92 Å². The summed E-state index contributed by atoms with van der Waals surface area (Å²) in [6.07, 6.45) is 0.894. The molecule has 1 aliphatic carbocycles. The zero-order chi connectivity index (χ0) is 28.6. The number of hydrogen-bond acceptors (Lipinski definition) is 11. The lowest BCUT2D eigenvalue weighted by molar-refractivity contribution is -0.118. The van der Waals surface area contributed by atoms with E-state index in [-0.39, 0.29) is 34.3 Å². The van der Waals surface area contributed by atoms with E-state index in [0.717, 1.165) is 0 Å². The number of aromatic nitrogens is 2. The first-order valence-corrected chi connectivity index (χ1v) is 14.3. The Morgan fingerprint density at radius 2 is 2.02 bits per heavy atom. The molecule has 0 radical (unpaired) electrons. The maximum absolute atomic E-state index is 13.6. The van der Waals surface area contributed by atoms with Crippen molar-refractivity contribution in [1.29, 1.82) is 5.26 Å². The van der Waals surface area contributed by atoms with Crippen LogP contribution in [0.25, 0.3) is 0 Å². The van der Waals surface area contributed by atoms with Crippen LogP contribution in [0.2, 0.25) is 0 Å². The number of amides is 1. The van der Waals surface area contributed by atoms with Gasteiger partial charge in [0.1, 0.15) is 23.1 Å². The Hall–Kier alpha value is -4.08. The van der Waals surface area contributed by atoms with Gasteiger partial charge in [0.2, 0.25) is 11.0 Å². The first-order valence-electron chi connectivity index (χ1n) is 12.5. The molecule has 2 aliphatic rings. The van der Waals surface area contributed by atoms with Crippen molar-refractivity contribution in [3.05, 3.63) is 70.6 Å². The van der Waals surface area contributed by atoms with Crippen LogP contribution in [-0.2, 0) is 9.59 Å². The number of thioether (sulfide) groups is 1. The third-order valence-electron chi connectivity index (χ3n) is 6.71. The largest absolute Gasteiger partial charge is 0.497 e. The molecule has 1 aromatic carbocycles.